The molecule has 1 aliphatic rings. The molecule has 3 aromatic rings. The number of carbonyl (C=O) groups excluding carboxylic acids is 1. The molecule has 1 amide bonds. The molecule has 2 heterocycles. The molecule has 5 nitrogen and oxygen atoms in total. The van der Waals surface area contributed by atoms with Crippen LogP contribution < -0.4 is 4.74 Å². The van der Waals surface area contributed by atoms with Crippen molar-refractivity contribution in [2.45, 2.75) is 13.5 Å². The molecule has 0 aliphatic carbocycles. The van der Waals surface area contributed by atoms with Gasteiger partial charge in [0.25, 0.3) is 5.91 Å². The van der Waals surface area contributed by atoms with Crippen molar-refractivity contribution in [3.05, 3.63) is 96.7 Å². The maximum absolute atomic E-state index is 13.6. The number of benzene rings is 2. The third-order valence-electron chi connectivity index (χ3n) is 6.14. The summed E-state index contributed by atoms with van der Waals surface area (Å²) in [6, 6.07) is 18.3. The first-order valence-electron chi connectivity index (χ1n) is 11.9. The van der Waals surface area contributed by atoms with Crippen LogP contribution in [0.1, 0.15) is 23.0 Å². The molecule has 1 saturated heterocycles. The lowest BCUT2D eigenvalue weighted by molar-refractivity contribution is 0.0640. The summed E-state index contributed by atoms with van der Waals surface area (Å²) in [6.45, 7) is 10.9. The molecule has 1 aliphatic heterocycles. The smallest absolute Gasteiger partial charge is 0.270 e. The fourth-order valence-electron chi connectivity index (χ4n) is 4.31. The van der Waals surface area contributed by atoms with E-state index in [2.05, 4.69) is 46.4 Å². The van der Waals surface area contributed by atoms with Crippen LogP contribution in [0, 0.1) is 0 Å². The summed E-state index contributed by atoms with van der Waals surface area (Å²) in [5.74, 6) is 0.857. The predicted molar refractivity (Wildman–Crippen MR) is 140 cm³/mol. The van der Waals surface area contributed by atoms with Gasteiger partial charge in [-0.1, -0.05) is 73.4 Å². The van der Waals surface area contributed by atoms with Gasteiger partial charge < -0.3 is 14.2 Å². The number of ether oxygens (including phenoxy) is 1. The van der Waals surface area contributed by atoms with Crippen LogP contribution in [-0.2, 0) is 6.54 Å². The Labute approximate surface area is 202 Å². The Kier molecular flexibility index (Phi) is 7.99. The van der Waals surface area contributed by atoms with Crippen LogP contribution in [-0.4, -0.2) is 59.6 Å². The zero-order chi connectivity index (χ0) is 23.8. The Morgan fingerprint density at radius 1 is 1.00 bits per heavy atom. The summed E-state index contributed by atoms with van der Waals surface area (Å²) in [5, 5.41) is 0.960. The van der Waals surface area contributed by atoms with Crippen molar-refractivity contribution in [3.8, 4) is 5.75 Å². The molecule has 0 saturated carbocycles. The summed E-state index contributed by atoms with van der Waals surface area (Å²) >= 11 is 0. The van der Waals surface area contributed by atoms with Crippen molar-refractivity contribution in [1.29, 1.82) is 0 Å². The number of nitrogens with zero attached hydrogens (tertiary/aromatic N) is 3. The number of piperazine rings is 1. The lowest BCUT2D eigenvalue weighted by atomic mass is 10.2. The van der Waals surface area contributed by atoms with Crippen LogP contribution in [0.5, 0.6) is 5.75 Å². The number of rotatable bonds is 9. The maximum Gasteiger partial charge on any atom is 0.270 e. The quantitative estimate of drug-likeness (QED) is 0.414. The number of carbonyl (C=O) groups is 1. The first-order chi connectivity index (χ1) is 16.7. The van der Waals surface area contributed by atoms with E-state index in [-0.39, 0.29) is 5.91 Å². The average molecular weight is 456 g/mol. The van der Waals surface area contributed by atoms with Crippen molar-refractivity contribution < 1.29 is 9.53 Å². The van der Waals surface area contributed by atoms with E-state index in [4.69, 9.17) is 4.74 Å². The highest BCUT2D eigenvalue weighted by molar-refractivity contribution is 6.00. The summed E-state index contributed by atoms with van der Waals surface area (Å²) < 4.78 is 7.95. The number of hydrogen-bond donors (Lipinski definition) is 0. The van der Waals surface area contributed by atoms with Crippen molar-refractivity contribution in [3.63, 3.8) is 0 Å². The minimum absolute atomic E-state index is 0.0786. The SMILES string of the molecule is C=CCOc1cccc2c1cc(C(=O)N1CCN(C/C=C/c3ccccc3)CC1)n2C/C=C\C. The lowest BCUT2D eigenvalue weighted by Gasteiger charge is -2.34. The second kappa shape index (κ2) is 11.5. The molecule has 1 aromatic heterocycles. The van der Waals surface area contributed by atoms with Gasteiger partial charge in [0.2, 0.25) is 0 Å². The van der Waals surface area contributed by atoms with Crippen LogP contribution >= 0.6 is 0 Å². The zero-order valence-electron chi connectivity index (χ0n) is 19.9. The first kappa shape index (κ1) is 23.6. The molecule has 4 rings (SSSR count). The van der Waals surface area contributed by atoms with Gasteiger partial charge in [-0.15, -0.1) is 0 Å². The van der Waals surface area contributed by atoms with E-state index >= 15 is 0 Å². The highest BCUT2D eigenvalue weighted by atomic mass is 16.5. The van der Waals surface area contributed by atoms with E-state index in [9.17, 15) is 4.79 Å². The molecular formula is C29H33N3O2. The van der Waals surface area contributed by atoms with E-state index in [1.807, 2.05) is 60.4 Å². The van der Waals surface area contributed by atoms with E-state index in [0.717, 1.165) is 49.4 Å². The van der Waals surface area contributed by atoms with Gasteiger partial charge in [-0.05, 0) is 30.7 Å². The van der Waals surface area contributed by atoms with E-state index < -0.39 is 0 Å². The van der Waals surface area contributed by atoms with Gasteiger partial charge in [-0.25, -0.2) is 0 Å². The van der Waals surface area contributed by atoms with Crippen LogP contribution in [0.25, 0.3) is 17.0 Å². The van der Waals surface area contributed by atoms with E-state index in [1.165, 1.54) is 5.56 Å². The summed E-state index contributed by atoms with van der Waals surface area (Å²) in [4.78, 5) is 17.9. The fourth-order valence-corrected chi connectivity index (χ4v) is 4.31. The summed E-state index contributed by atoms with van der Waals surface area (Å²) in [6.07, 6.45) is 10.2. The largest absolute Gasteiger partial charge is 0.489 e. The van der Waals surface area contributed by atoms with Crippen LogP contribution in [0.4, 0.5) is 0 Å². The molecule has 0 unspecified atom stereocenters. The first-order valence-corrected chi connectivity index (χ1v) is 11.9. The highest BCUT2D eigenvalue weighted by Crippen LogP contribution is 2.30. The number of allylic oxidation sites excluding steroid dienone is 2. The maximum atomic E-state index is 13.6. The average Bonchev–Trinajstić information content (AvgIpc) is 3.26. The lowest BCUT2D eigenvalue weighted by Crippen LogP contribution is -2.49. The van der Waals surface area contributed by atoms with Crippen LogP contribution in [0.3, 0.4) is 0 Å². The van der Waals surface area contributed by atoms with Crippen LogP contribution in [0.2, 0.25) is 0 Å². The molecule has 0 radical (unpaired) electrons. The highest BCUT2D eigenvalue weighted by Gasteiger charge is 2.25. The van der Waals surface area contributed by atoms with Gasteiger partial charge in [0, 0.05) is 44.7 Å². The molecule has 34 heavy (non-hydrogen) atoms. The summed E-state index contributed by atoms with van der Waals surface area (Å²) in [7, 11) is 0. The molecule has 0 atom stereocenters. The molecule has 2 aromatic carbocycles. The van der Waals surface area contributed by atoms with Gasteiger partial charge in [-0.2, -0.15) is 0 Å². The molecule has 0 spiro atoms. The molecule has 0 N–H and O–H groups in total. The normalized spacial score (nSPS) is 14.9. The Morgan fingerprint density at radius 2 is 1.79 bits per heavy atom. The Bertz CT molecular complexity index is 1170. The topological polar surface area (TPSA) is 37.7 Å². The third kappa shape index (κ3) is 5.49. The molecule has 5 heteroatoms. The standard InChI is InChI=1S/C29H33N3O2/c1-3-5-17-32-26-14-9-15-28(34-22-4-2)25(26)23-27(32)29(33)31-20-18-30(19-21-31)16-10-13-24-11-7-6-8-12-24/h3-15,23H,2,16-22H2,1H3/b5-3-,13-10+. The fraction of sp³-hybridized carbons (Fsp3) is 0.276. The number of amides is 1. The third-order valence-corrected chi connectivity index (χ3v) is 6.14. The molecular weight excluding hydrogens is 422 g/mol. The number of hydrogen-bond acceptors (Lipinski definition) is 3. The second-order valence-corrected chi connectivity index (χ2v) is 8.40. The van der Waals surface area contributed by atoms with Crippen molar-refractivity contribution in [2.24, 2.45) is 0 Å². The summed E-state index contributed by atoms with van der Waals surface area (Å²) in [5.41, 5.74) is 2.93. The molecule has 176 valence electrons. The van der Waals surface area contributed by atoms with E-state index in [1.54, 1.807) is 6.08 Å². The minimum Gasteiger partial charge on any atom is -0.489 e. The van der Waals surface area contributed by atoms with Gasteiger partial charge >= 0.3 is 0 Å². The predicted octanol–water partition coefficient (Wildman–Crippen LogP) is 5.25. The van der Waals surface area contributed by atoms with Gasteiger partial charge in [-0.3, -0.25) is 9.69 Å². The van der Waals surface area contributed by atoms with Gasteiger partial charge in [0.05, 0.1) is 5.52 Å². The van der Waals surface area contributed by atoms with Gasteiger partial charge in [0.1, 0.15) is 18.1 Å². The van der Waals surface area contributed by atoms with Crippen molar-refractivity contribution in [2.75, 3.05) is 39.3 Å². The minimum atomic E-state index is 0.0786. The van der Waals surface area contributed by atoms with E-state index in [0.29, 0.717) is 18.8 Å². The van der Waals surface area contributed by atoms with Crippen LogP contribution in [0.15, 0.2) is 85.5 Å². The molecule has 1 fully saturated rings. The monoisotopic (exact) mass is 455 g/mol. The number of aromatic nitrogens is 1. The van der Waals surface area contributed by atoms with Crippen molar-refractivity contribution >= 4 is 22.9 Å². The Morgan fingerprint density at radius 3 is 2.53 bits per heavy atom. The Hall–Kier alpha value is -3.57. The molecule has 0 bridgehead atoms. The zero-order valence-corrected chi connectivity index (χ0v) is 19.9. The van der Waals surface area contributed by atoms with Gasteiger partial charge in [0.15, 0.2) is 0 Å². The number of fused-ring (bicyclic) bond motifs is 1. The van der Waals surface area contributed by atoms with Crippen molar-refractivity contribution in [1.82, 2.24) is 14.4 Å². The second-order valence-electron chi connectivity index (χ2n) is 8.40. The Balaban J connectivity index is 1.47.